The number of likely N-dealkylation sites (N-methyl/N-ethyl adjacent to an activating group) is 1. The molecule has 4 rings (SSSR count). The number of nitrogens with one attached hydrogen (secondary N) is 3. The monoisotopic (exact) mass is 350 g/mol. The number of carbonyl (C=O) groups excluding carboxylic acids is 2. The molecule has 4 aliphatic rings. The summed E-state index contributed by atoms with van der Waals surface area (Å²) in [5.41, 5.74) is -0.184. The van der Waals surface area contributed by atoms with Crippen LogP contribution in [0.3, 0.4) is 0 Å². The highest BCUT2D eigenvalue weighted by atomic mass is 16.2. The van der Waals surface area contributed by atoms with Gasteiger partial charge in [-0.3, -0.25) is 9.59 Å². The minimum atomic E-state index is -0.234. The summed E-state index contributed by atoms with van der Waals surface area (Å²) in [6, 6.07) is -0.210. The van der Waals surface area contributed by atoms with E-state index in [2.05, 4.69) is 10.6 Å². The zero-order chi connectivity index (χ0) is 18.4. The van der Waals surface area contributed by atoms with E-state index in [1.165, 1.54) is 38.5 Å². The van der Waals surface area contributed by atoms with Gasteiger partial charge in [0, 0.05) is 11.1 Å². The van der Waals surface area contributed by atoms with Gasteiger partial charge < -0.3 is 15.5 Å². The first-order chi connectivity index (χ1) is 11.6. The Labute approximate surface area is 152 Å². The second-order valence-electron chi connectivity index (χ2n) is 10.2. The number of hydrogen-bond donors (Lipinski definition) is 3. The fourth-order valence-corrected chi connectivity index (χ4v) is 5.73. The van der Waals surface area contributed by atoms with Crippen LogP contribution in [-0.4, -0.2) is 42.5 Å². The molecule has 142 valence electrons. The predicted octanol–water partition coefficient (Wildman–Crippen LogP) is 0.889. The second kappa shape index (κ2) is 6.57. The van der Waals surface area contributed by atoms with E-state index in [-0.39, 0.29) is 28.9 Å². The average molecular weight is 351 g/mol. The summed E-state index contributed by atoms with van der Waals surface area (Å²) >= 11 is 0. The van der Waals surface area contributed by atoms with Crippen molar-refractivity contribution in [3.05, 3.63) is 0 Å². The maximum Gasteiger partial charge on any atom is 0.278 e. The molecule has 1 unspecified atom stereocenters. The zero-order valence-corrected chi connectivity index (χ0v) is 16.6. The standard InChI is InChI=1S/C20H35N3O2/c1-13(23(5)12-17(24)21-19(2,3)4)18(25)22-20-9-14-6-15(10-20)8-16(7-14)11-20/h13-16H,6-12H2,1-5H3,(H,21,24)(H,22,25)/p+1/t13-,14?,15?,16?,20?/m1/s1. The van der Waals surface area contributed by atoms with E-state index in [4.69, 9.17) is 0 Å². The maximum atomic E-state index is 12.9. The maximum absolute atomic E-state index is 12.9. The van der Waals surface area contributed by atoms with Gasteiger partial charge in [0.05, 0.1) is 7.05 Å². The summed E-state index contributed by atoms with van der Waals surface area (Å²) in [5.74, 6) is 2.58. The van der Waals surface area contributed by atoms with Crippen LogP contribution >= 0.6 is 0 Å². The van der Waals surface area contributed by atoms with Crippen molar-refractivity contribution in [1.82, 2.24) is 10.6 Å². The number of hydrogen-bond acceptors (Lipinski definition) is 2. The van der Waals surface area contributed by atoms with E-state index in [0.29, 0.717) is 6.54 Å². The molecule has 0 saturated heterocycles. The number of rotatable bonds is 5. The first-order valence-electron chi connectivity index (χ1n) is 10.0. The quantitative estimate of drug-likeness (QED) is 0.690. The smallest absolute Gasteiger partial charge is 0.278 e. The third-order valence-electron chi connectivity index (χ3n) is 6.51. The van der Waals surface area contributed by atoms with Crippen LogP contribution in [0.15, 0.2) is 0 Å². The molecule has 3 N–H and O–H groups in total. The Morgan fingerprint density at radius 3 is 2.00 bits per heavy atom. The Balaban J connectivity index is 1.55. The van der Waals surface area contributed by atoms with Crippen LogP contribution in [0.25, 0.3) is 0 Å². The Morgan fingerprint density at radius 2 is 1.56 bits per heavy atom. The average Bonchev–Trinajstić information content (AvgIpc) is 2.41. The summed E-state index contributed by atoms with van der Waals surface area (Å²) < 4.78 is 0. The molecule has 4 saturated carbocycles. The molecule has 0 heterocycles. The Hall–Kier alpha value is -1.10. The lowest BCUT2D eigenvalue weighted by molar-refractivity contribution is -0.886. The van der Waals surface area contributed by atoms with Crippen LogP contribution in [0, 0.1) is 17.8 Å². The van der Waals surface area contributed by atoms with Crippen molar-refractivity contribution in [1.29, 1.82) is 0 Å². The highest BCUT2D eigenvalue weighted by molar-refractivity contribution is 5.82. The molecular formula is C20H36N3O2+. The fourth-order valence-electron chi connectivity index (χ4n) is 5.73. The van der Waals surface area contributed by atoms with Crippen molar-refractivity contribution in [3.8, 4) is 0 Å². The number of quaternary nitrogens is 1. The fraction of sp³-hybridized carbons (Fsp3) is 0.900. The summed E-state index contributed by atoms with van der Waals surface area (Å²) in [7, 11) is 1.94. The molecule has 0 spiro atoms. The van der Waals surface area contributed by atoms with Gasteiger partial charge >= 0.3 is 0 Å². The van der Waals surface area contributed by atoms with Crippen LogP contribution < -0.4 is 15.5 Å². The van der Waals surface area contributed by atoms with E-state index in [1.807, 2.05) is 34.7 Å². The van der Waals surface area contributed by atoms with Gasteiger partial charge in [-0.05, 0) is 84.0 Å². The van der Waals surface area contributed by atoms with Crippen LogP contribution in [0.4, 0.5) is 0 Å². The van der Waals surface area contributed by atoms with E-state index in [0.717, 1.165) is 22.7 Å². The van der Waals surface area contributed by atoms with Gasteiger partial charge in [-0.15, -0.1) is 0 Å². The Bertz CT molecular complexity index is 502. The highest BCUT2D eigenvalue weighted by Crippen LogP contribution is 2.55. The normalized spacial score (nSPS) is 36.0. The third-order valence-corrected chi connectivity index (χ3v) is 6.51. The van der Waals surface area contributed by atoms with Crippen molar-refractivity contribution in [2.75, 3.05) is 13.6 Å². The molecule has 0 aromatic rings. The molecule has 0 aliphatic heterocycles. The molecule has 2 atom stereocenters. The molecule has 25 heavy (non-hydrogen) atoms. The van der Waals surface area contributed by atoms with Gasteiger partial charge in [0.1, 0.15) is 0 Å². The first kappa shape index (κ1) is 18.7. The summed E-state index contributed by atoms with van der Waals surface area (Å²) in [4.78, 5) is 26.0. The van der Waals surface area contributed by atoms with Crippen molar-refractivity contribution in [3.63, 3.8) is 0 Å². The lowest BCUT2D eigenvalue weighted by Gasteiger charge is -2.57. The Kier molecular flexibility index (Phi) is 4.91. The van der Waals surface area contributed by atoms with Crippen molar-refractivity contribution < 1.29 is 14.5 Å². The number of carbonyl (C=O) groups is 2. The topological polar surface area (TPSA) is 62.6 Å². The van der Waals surface area contributed by atoms with Gasteiger partial charge in [0.25, 0.3) is 11.8 Å². The largest absolute Gasteiger partial charge is 0.347 e. The van der Waals surface area contributed by atoms with Crippen LogP contribution in [-0.2, 0) is 9.59 Å². The predicted molar refractivity (Wildman–Crippen MR) is 98.2 cm³/mol. The van der Waals surface area contributed by atoms with Crippen LogP contribution in [0.1, 0.15) is 66.2 Å². The highest BCUT2D eigenvalue weighted by Gasteiger charge is 2.52. The van der Waals surface area contributed by atoms with Gasteiger partial charge in [-0.2, -0.15) is 0 Å². The minimum absolute atomic E-state index is 0.000505. The third kappa shape index (κ3) is 4.36. The molecule has 0 radical (unpaired) electrons. The molecule has 5 heteroatoms. The first-order valence-corrected chi connectivity index (χ1v) is 10.0. The molecule has 5 nitrogen and oxygen atoms in total. The molecule has 2 amide bonds. The van der Waals surface area contributed by atoms with E-state index >= 15 is 0 Å². The SMILES string of the molecule is C[C@H](C(=O)NC12CC3CC(CC(C3)C1)C2)[NH+](C)CC(=O)NC(C)(C)C. The summed E-state index contributed by atoms with van der Waals surface area (Å²) in [5, 5.41) is 6.41. The molecule has 0 aromatic carbocycles. The summed E-state index contributed by atoms with van der Waals surface area (Å²) in [6.45, 7) is 8.19. The summed E-state index contributed by atoms with van der Waals surface area (Å²) in [6.07, 6.45) is 7.64. The Morgan fingerprint density at radius 1 is 1.08 bits per heavy atom. The van der Waals surface area contributed by atoms with E-state index in [1.54, 1.807) is 0 Å². The van der Waals surface area contributed by atoms with Crippen LogP contribution in [0.5, 0.6) is 0 Å². The van der Waals surface area contributed by atoms with Gasteiger partial charge in [-0.25, -0.2) is 0 Å². The van der Waals surface area contributed by atoms with Gasteiger partial charge in [0.2, 0.25) is 0 Å². The van der Waals surface area contributed by atoms with Crippen LogP contribution in [0.2, 0.25) is 0 Å². The zero-order valence-electron chi connectivity index (χ0n) is 16.6. The molecule has 0 aromatic heterocycles. The molecule has 4 fully saturated rings. The van der Waals surface area contributed by atoms with Gasteiger partial charge in [-0.1, -0.05) is 0 Å². The lowest BCUT2D eigenvalue weighted by atomic mass is 9.53. The van der Waals surface area contributed by atoms with E-state index in [9.17, 15) is 9.59 Å². The van der Waals surface area contributed by atoms with Crippen molar-refractivity contribution in [2.45, 2.75) is 83.3 Å². The van der Waals surface area contributed by atoms with E-state index < -0.39 is 0 Å². The van der Waals surface area contributed by atoms with Crippen molar-refractivity contribution >= 4 is 11.8 Å². The second-order valence-corrected chi connectivity index (χ2v) is 10.2. The molecular weight excluding hydrogens is 314 g/mol. The lowest BCUT2D eigenvalue weighted by Crippen LogP contribution is -3.15. The molecule has 4 aliphatic carbocycles. The van der Waals surface area contributed by atoms with Gasteiger partial charge in [0.15, 0.2) is 12.6 Å². The van der Waals surface area contributed by atoms with Crippen molar-refractivity contribution in [2.24, 2.45) is 17.8 Å². The molecule has 4 bridgehead atoms. The minimum Gasteiger partial charge on any atom is -0.347 e. The number of amides is 2.